The largest absolute Gasteiger partial charge is 0.386 e. The Morgan fingerprint density at radius 3 is 2.40 bits per heavy atom. The van der Waals surface area contributed by atoms with Crippen molar-refractivity contribution in [2.75, 3.05) is 6.61 Å². The molecule has 1 rings (SSSR count). The SMILES string of the molecule is O[C@@H](CCCCCOCc1ccccc1)C(F)=C(F)F. The second-order valence-corrected chi connectivity index (χ2v) is 4.51. The van der Waals surface area contributed by atoms with Crippen molar-refractivity contribution in [1.29, 1.82) is 0 Å². The Balaban J connectivity index is 2.02. The first-order valence-electron chi connectivity index (χ1n) is 6.61. The topological polar surface area (TPSA) is 29.5 Å². The van der Waals surface area contributed by atoms with Crippen molar-refractivity contribution in [2.24, 2.45) is 0 Å². The maximum absolute atomic E-state index is 12.6. The average molecular weight is 288 g/mol. The van der Waals surface area contributed by atoms with Gasteiger partial charge in [0.25, 0.3) is 0 Å². The molecule has 0 aliphatic heterocycles. The number of halogens is 3. The predicted molar refractivity (Wildman–Crippen MR) is 70.9 cm³/mol. The number of aliphatic hydroxyl groups is 1. The quantitative estimate of drug-likeness (QED) is 0.690. The summed E-state index contributed by atoms with van der Waals surface area (Å²) >= 11 is 0. The van der Waals surface area contributed by atoms with Gasteiger partial charge >= 0.3 is 6.08 Å². The van der Waals surface area contributed by atoms with Crippen LogP contribution in [0.3, 0.4) is 0 Å². The smallest absolute Gasteiger partial charge is 0.304 e. The van der Waals surface area contributed by atoms with Gasteiger partial charge in [0.2, 0.25) is 0 Å². The molecule has 0 aliphatic rings. The third-order valence-corrected chi connectivity index (χ3v) is 2.85. The molecule has 5 heteroatoms. The summed E-state index contributed by atoms with van der Waals surface area (Å²) in [7, 11) is 0. The van der Waals surface area contributed by atoms with Crippen LogP contribution in [0.2, 0.25) is 0 Å². The van der Waals surface area contributed by atoms with Gasteiger partial charge in [-0.15, -0.1) is 0 Å². The maximum atomic E-state index is 12.6. The van der Waals surface area contributed by atoms with E-state index in [9.17, 15) is 13.2 Å². The molecule has 0 aromatic heterocycles. The third-order valence-electron chi connectivity index (χ3n) is 2.85. The summed E-state index contributed by atoms with van der Waals surface area (Å²) in [5.41, 5.74) is 1.09. The number of rotatable bonds is 9. The van der Waals surface area contributed by atoms with Crippen LogP contribution >= 0.6 is 0 Å². The van der Waals surface area contributed by atoms with Gasteiger partial charge < -0.3 is 9.84 Å². The van der Waals surface area contributed by atoms with Gasteiger partial charge in [0.15, 0.2) is 5.83 Å². The normalized spacial score (nSPS) is 12.2. The Labute approximate surface area is 116 Å². The van der Waals surface area contributed by atoms with Crippen LogP contribution in [-0.4, -0.2) is 17.8 Å². The monoisotopic (exact) mass is 288 g/mol. The number of benzene rings is 1. The summed E-state index contributed by atoms with van der Waals surface area (Å²) in [6.07, 6.45) is -2.19. The van der Waals surface area contributed by atoms with E-state index in [0.29, 0.717) is 26.1 Å². The van der Waals surface area contributed by atoms with Crippen molar-refractivity contribution >= 4 is 0 Å². The highest BCUT2D eigenvalue weighted by Crippen LogP contribution is 2.18. The summed E-state index contributed by atoms with van der Waals surface area (Å²) in [4.78, 5) is 0. The Morgan fingerprint density at radius 2 is 1.75 bits per heavy atom. The fourth-order valence-corrected chi connectivity index (χ4v) is 1.74. The van der Waals surface area contributed by atoms with Crippen molar-refractivity contribution in [3.8, 4) is 0 Å². The van der Waals surface area contributed by atoms with Crippen LogP contribution in [0.25, 0.3) is 0 Å². The van der Waals surface area contributed by atoms with Crippen LogP contribution in [0.15, 0.2) is 42.2 Å². The lowest BCUT2D eigenvalue weighted by molar-refractivity contribution is 0.114. The van der Waals surface area contributed by atoms with Gasteiger partial charge in [-0.25, -0.2) is 4.39 Å². The van der Waals surface area contributed by atoms with Crippen LogP contribution in [0.4, 0.5) is 13.2 Å². The van der Waals surface area contributed by atoms with Gasteiger partial charge in [0.05, 0.1) is 6.61 Å². The Bertz CT molecular complexity index is 403. The summed E-state index contributed by atoms with van der Waals surface area (Å²) in [5, 5.41) is 9.10. The number of ether oxygens (including phenoxy) is 1. The summed E-state index contributed by atoms with van der Waals surface area (Å²) < 4.78 is 41.7. The molecule has 0 aliphatic carbocycles. The predicted octanol–water partition coefficient (Wildman–Crippen LogP) is 4.20. The number of hydrogen-bond donors (Lipinski definition) is 1. The van der Waals surface area contributed by atoms with E-state index in [4.69, 9.17) is 9.84 Å². The summed E-state index contributed by atoms with van der Waals surface area (Å²) in [5.74, 6) is -1.72. The minimum Gasteiger partial charge on any atom is -0.386 e. The van der Waals surface area contributed by atoms with E-state index < -0.39 is 18.0 Å². The molecule has 1 aromatic carbocycles. The van der Waals surface area contributed by atoms with Crippen LogP contribution in [0, 0.1) is 0 Å². The Hall–Kier alpha value is -1.33. The molecule has 20 heavy (non-hydrogen) atoms. The van der Waals surface area contributed by atoms with Crippen LogP contribution in [0.5, 0.6) is 0 Å². The molecule has 0 saturated carbocycles. The van der Waals surface area contributed by atoms with Crippen molar-refractivity contribution in [3.05, 3.63) is 47.8 Å². The molecule has 0 unspecified atom stereocenters. The van der Waals surface area contributed by atoms with Crippen LogP contribution < -0.4 is 0 Å². The molecule has 1 aromatic rings. The lowest BCUT2D eigenvalue weighted by Crippen LogP contribution is -2.08. The van der Waals surface area contributed by atoms with Gasteiger partial charge in [-0.1, -0.05) is 43.2 Å². The van der Waals surface area contributed by atoms with E-state index in [2.05, 4.69) is 0 Å². The number of hydrogen-bond acceptors (Lipinski definition) is 2. The Morgan fingerprint density at radius 1 is 1.05 bits per heavy atom. The standard InChI is InChI=1S/C15H19F3O2/c16-14(15(17)18)13(19)9-5-2-6-10-20-11-12-7-3-1-4-8-12/h1,3-4,7-8,13,19H,2,5-6,9-11H2/t13-/m0/s1. The van der Waals surface area contributed by atoms with E-state index in [0.717, 1.165) is 12.0 Å². The lowest BCUT2D eigenvalue weighted by Gasteiger charge is -2.07. The number of aliphatic hydroxyl groups excluding tert-OH is 1. The molecular weight excluding hydrogens is 269 g/mol. The molecule has 0 bridgehead atoms. The molecule has 0 radical (unpaired) electrons. The van der Waals surface area contributed by atoms with Crippen molar-refractivity contribution in [3.63, 3.8) is 0 Å². The molecule has 0 spiro atoms. The molecule has 0 fully saturated rings. The Kier molecular flexibility index (Phi) is 7.99. The second-order valence-electron chi connectivity index (χ2n) is 4.51. The van der Waals surface area contributed by atoms with E-state index in [1.807, 2.05) is 30.3 Å². The zero-order valence-electron chi connectivity index (χ0n) is 11.2. The summed E-state index contributed by atoms with van der Waals surface area (Å²) in [6, 6.07) is 9.74. The third kappa shape index (κ3) is 6.73. The second kappa shape index (κ2) is 9.55. The highest BCUT2D eigenvalue weighted by molar-refractivity contribution is 5.13. The molecule has 0 heterocycles. The van der Waals surface area contributed by atoms with Gasteiger partial charge in [-0.05, 0) is 18.4 Å². The van der Waals surface area contributed by atoms with Gasteiger partial charge in [0.1, 0.15) is 6.10 Å². The molecule has 0 amide bonds. The van der Waals surface area contributed by atoms with Gasteiger partial charge in [-0.2, -0.15) is 8.78 Å². The van der Waals surface area contributed by atoms with Crippen LogP contribution in [0.1, 0.15) is 31.2 Å². The maximum Gasteiger partial charge on any atom is 0.304 e. The first-order valence-corrected chi connectivity index (χ1v) is 6.61. The van der Waals surface area contributed by atoms with E-state index in [1.54, 1.807) is 0 Å². The molecule has 1 atom stereocenters. The first kappa shape index (κ1) is 16.7. The van der Waals surface area contributed by atoms with E-state index in [-0.39, 0.29) is 6.42 Å². The summed E-state index contributed by atoms with van der Waals surface area (Å²) in [6.45, 7) is 1.09. The molecule has 1 N–H and O–H groups in total. The molecular formula is C15H19F3O2. The van der Waals surface area contributed by atoms with Crippen LogP contribution in [-0.2, 0) is 11.3 Å². The van der Waals surface area contributed by atoms with Crippen molar-refractivity contribution in [2.45, 2.75) is 38.4 Å². The number of unbranched alkanes of at least 4 members (excludes halogenated alkanes) is 2. The fourth-order valence-electron chi connectivity index (χ4n) is 1.74. The minimum absolute atomic E-state index is 0.00184. The van der Waals surface area contributed by atoms with Crippen molar-refractivity contribution in [1.82, 2.24) is 0 Å². The highest BCUT2D eigenvalue weighted by Gasteiger charge is 2.15. The molecule has 112 valence electrons. The van der Waals surface area contributed by atoms with Gasteiger partial charge in [0, 0.05) is 6.61 Å². The fraction of sp³-hybridized carbons (Fsp3) is 0.467. The van der Waals surface area contributed by atoms with E-state index in [1.165, 1.54) is 0 Å². The highest BCUT2D eigenvalue weighted by atomic mass is 19.3. The first-order chi connectivity index (χ1) is 9.61. The average Bonchev–Trinajstić information content (AvgIpc) is 2.46. The van der Waals surface area contributed by atoms with Gasteiger partial charge in [-0.3, -0.25) is 0 Å². The minimum atomic E-state index is -2.44. The zero-order valence-corrected chi connectivity index (χ0v) is 11.2. The van der Waals surface area contributed by atoms with Crippen molar-refractivity contribution < 1.29 is 23.0 Å². The molecule has 0 saturated heterocycles. The molecule has 2 nitrogen and oxygen atoms in total. The zero-order chi connectivity index (χ0) is 14.8. The van der Waals surface area contributed by atoms with E-state index >= 15 is 0 Å². The lowest BCUT2D eigenvalue weighted by atomic mass is 10.1.